The minimum absolute atomic E-state index is 0.289. The van der Waals surface area contributed by atoms with Crippen molar-refractivity contribution in [2.45, 2.75) is 19.3 Å². The number of hydrogen-bond acceptors (Lipinski definition) is 3. The minimum Gasteiger partial charge on any atom is -0.316 e. The van der Waals surface area contributed by atoms with Gasteiger partial charge >= 0.3 is 6.09 Å². The highest BCUT2D eigenvalue weighted by atomic mass is 16.7. The summed E-state index contributed by atoms with van der Waals surface area (Å²) in [4.78, 5) is 22.1. The number of nitrogens with zero attached hydrogens (tertiary/aromatic N) is 3. The van der Waals surface area contributed by atoms with E-state index in [1.807, 2.05) is 0 Å². The van der Waals surface area contributed by atoms with E-state index in [1.165, 1.54) is 17.5 Å². The second-order valence-corrected chi connectivity index (χ2v) is 3.33. The molecule has 0 bridgehead atoms. The quantitative estimate of drug-likeness (QED) is 0.669. The van der Waals surface area contributed by atoms with Crippen molar-refractivity contribution in [3.05, 3.63) is 18.7 Å². The van der Waals surface area contributed by atoms with E-state index >= 15 is 0 Å². The van der Waals surface area contributed by atoms with Crippen molar-refractivity contribution < 1.29 is 9.63 Å². The first-order valence-electron chi connectivity index (χ1n) is 4.81. The van der Waals surface area contributed by atoms with Gasteiger partial charge in [-0.2, -0.15) is 4.73 Å². The van der Waals surface area contributed by atoms with Crippen LogP contribution in [0.4, 0.5) is 4.79 Å². The van der Waals surface area contributed by atoms with E-state index in [0.29, 0.717) is 0 Å². The average molecular weight is 195 g/mol. The van der Waals surface area contributed by atoms with Crippen LogP contribution in [-0.4, -0.2) is 33.8 Å². The van der Waals surface area contributed by atoms with Crippen LogP contribution in [0.5, 0.6) is 0 Å². The molecule has 0 saturated carbocycles. The third-order valence-electron chi connectivity index (χ3n) is 2.28. The Morgan fingerprint density at radius 2 is 2.07 bits per heavy atom. The van der Waals surface area contributed by atoms with Crippen molar-refractivity contribution in [2.24, 2.45) is 0 Å². The fourth-order valence-electron chi connectivity index (χ4n) is 1.53. The summed E-state index contributed by atoms with van der Waals surface area (Å²) in [5.74, 6) is 0. The molecule has 76 valence electrons. The van der Waals surface area contributed by atoms with Gasteiger partial charge in [-0.05, 0) is 19.3 Å². The van der Waals surface area contributed by atoms with E-state index in [-0.39, 0.29) is 6.09 Å². The van der Waals surface area contributed by atoms with Gasteiger partial charge in [0.1, 0.15) is 6.33 Å². The number of aromatic nitrogens is 2. The first-order chi connectivity index (χ1) is 6.86. The summed E-state index contributed by atoms with van der Waals surface area (Å²) >= 11 is 0. The van der Waals surface area contributed by atoms with Crippen molar-refractivity contribution >= 4 is 6.09 Å². The minimum atomic E-state index is -0.289. The lowest BCUT2D eigenvalue weighted by Gasteiger charge is -2.25. The maximum Gasteiger partial charge on any atom is 0.434 e. The van der Waals surface area contributed by atoms with E-state index in [9.17, 15) is 4.79 Å². The van der Waals surface area contributed by atoms with Crippen molar-refractivity contribution in [2.75, 3.05) is 13.1 Å². The third kappa shape index (κ3) is 2.04. The second kappa shape index (κ2) is 4.13. The van der Waals surface area contributed by atoms with E-state index in [2.05, 4.69) is 4.98 Å². The predicted molar refractivity (Wildman–Crippen MR) is 49.6 cm³/mol. The molecule has 1 saturated heterocycles. The Hall–Kier alpha value is -1.52. The lowest BCUT2D eigenvalue weighted by molar-refractivity contribution is 0.0857. The summed E-state index contributed by atoms with van der Waals surface area (Å²) in [6.45, 7) is 1.60. The SMILES string of the molecule is O=C(On1ccnc1)N1CCCCC1. The lowest BCUT2D eigenvalue weighted by atomic mass is 10.1. The molecule has 0 spiro atoms. The molecule has 5 nitrogen and oxygen atoms in total. The smallest absolute Gasteiger partial charge is 0.316 e. The van der Waals surface area contributed by atoms with Gasteiger partial charge in [0.25, 0.3) is 0 Å². The van der Waals surface area contributed by atoms with Crippen LogP contribution < -0.4 is 4.84 Å². The summed E-state index contributed by atoms with van der Waals surface area (Å²) in [5.41, 5.74) is 0. The molecule has 1 amide bonds. The molecule has 1 fully saturated rings. The highest BCUT2D eigenvalue weighted by Gasteiger charge is 2.18. The van der Waals surface area contributed by atoms with Crippen LogP contribution in [0.3, 0.4) is 0 Å². The molecule has 2 heterocycles. The van der Waals surface area contributed by atoms with Crippen LogP contribution in [0.2, 0.25) is 0 Å². The molecule has 2 rings (SSSR count). The standard InChI is InChI=1S/C9H13N3O2/c13-9(11-5-2-1-3-6-11)14-12-7-4-10-8-12/h4,7-8H,1-3,5-6H2. The normalized spacial score (nSPS) is 16.7. The lowest BCUT2D eigenvalue weighted by Crippen LogP contribution is -2.40. The Labute approximate surface area is 82.2 Å². The van der Waals surface area contributed by atoms with Crippen molar-refractivity contribution in [1.29, 1.82) is 0 Å². The third-order valence-corrected chi connectivity index (χ3v) is 2.28. The molecule has 0 aromatic carbocycles. The average Bonchev–Trinajstić information content (AvgIpc) is 2.72. The molecule has 0 atom stereocenters. The Bertz CT molecular complexity index is 291. The Balaban J connectivity index is 1.88. The predicted octanol–water partition coefficient (Wildman–Crippen LogP) is 0.918. The van der Waals surface area contributed by atoms with Crippen molar-refractivity contribution in [1.82, 2.24) is 14.6 Å². The zero-order valence-corrected chi connectivity index (χ0v) is 7.93. The highest BCUT2D eigenvalue weighted by Crippen LogP contribution is 2.08. The Morgan fingerprint density at radius 3 is 2.71 bits per heavy atom. The number of rotatable bonds is 1. The number of carbonyl (C=O) groups excluding carboxylic acids is 1. The van der Waals surface area contributed by atoms with Crippen molar-refractivity contribution in [3.8, 4) is 0 Å². The van der Waals surface area contributed by atoms with Gasteiger partial charge < -0.3 is 9.74 Å². The fraction of sp³-hybridized carbons (Fsp3) is 0.556. The molecule has 1 aliphatic rings. The summed E-state index contributed by atoms with van der Waals surface area (Å²) < 4.78 is 1.32. The Morgan fingerprint density at radius 1 is 1.29 bits per heavy atom. The molecule has 0 unspecified atom stereocenters. The van der Waals surface area contributed by atoms with E-state index in [4.69, 9.17) is 4.84 Å². The number of hydrogen-bond donors (Lipinski definition) is 0. The molecule has 1 aromatic rings. The maximum atomic E-state index is 11.5. The topological polar surface area (TPSA) is 47.4 Å². The van der Waals surface area contributed by atoms with Gasteiger partial charge in [0.05, 0.1) is 6.20 Å². The summed E-state index contributed by atoms with van der Waals surface area (Å²) in [6.07, 6.45) is 7.68. The summed E-state index contributed by atoms with van der Waals surface area (Å²) in [6, 6.07) is 0. The zero-order chi connectivity index (χ0) is 9.80. The molecular weight excluding hydrogens is 182 g/mol. The molecule has 1 aromatic heterocycles. The van der Waals surface area contributed by atoms with Crippen molar-refractivity contribution in [3.63, 3.8) is 0 Å². The Kier molecular flexibility index (Phi) is 2.67. The first-order valence-corrected chi connectivity index (χ1v) is 4.81. The van der Waals surface area contributed by atoms with Gasteiger partial charge in [0.15, 0.2) is 0 Å². The van der Waals surface area contributed by atoms with Crippen LogP contribution in [-0.2, 0) is 0 Å². The first kappa shape index (κ1) is 9.05. The van der Waals surface area contributed by atoms with Crippen LogP contribution in [0.1, 0.15) is 19.3 Å². The van der Waals surface area contributed by atoms with Gasteiger partial charge in [-0.3, -0.25) is 0 Å². The van der Waals surface area contributed by atoms with Crippen LogP contribution in [0.15, 0.2) is 18.7 Å². The summed E-state index contributed by atoms with van der Waals surface area (Å²) in [5, 5.41) is 0. The molecule has 0 aliphatic carbocycles. The fourth-order valence-corrected chi connectivity index (χ4v) is 1.53. The molecule has 0 N–H and O–H groups in total. The molecule has 14 heavy (non-hydrogen) atoms. The number of likely N-dealkylation sites (tertiary alicyclic amines) is 1. The molecule has 5 heteroatoms. The van der Waals surface area contributed by atoms with E-state index in [0.717, 1.165) is 25.9 Å². The van der Waals surface area contributed by atoms with E-state index in [1.54, 1.807) is 17.3 Å². The second-order valence-electron chi connectivity index (χ2n) is 3.33. The molecular formula is C9H13N3O2. The number of amides is 1. The highest BCUT2D eigenvalue weighted by molar-refractivity contribution is 5.67. The molecule has 0 radical (unpaired) electrons. The van der Waals surface area contributed by atoms with Gasteiger partial charge in [-0.15, -0.1) is 0 Å². The monoisotopic (exact) mass is 195 g/mol. The molecule has 1 aliphatic heterocycles. The number of piperidine rings is 1. The largest absolute Gasteiger partial charge is 0.434 e. The zero-order valence-electron chi connectivity index (χ0n) is 7.93. The van der Waals surface area contributed by atoms with Gasteiger partial charge in [0, 0.05) is 19.3 Å². The van der Waals surface area contributed by atoms with Crippen LogP contribution in [0, 0.1) is 0 Å². The number of carbonyl (C=O) groups is 1. The van der Waals surface area contributed by atoms with E-state index < -0.39 is 0 Å². The number of imidazole rings is 1. The maximum absolute atomic E-state index is 11.5. The van der Waals surface area contributed by atoms with Crippen LogP contribution >= 0.6 is 0 Å². The van der Waals surface area contributed by atoms with Gasteiger partial charge in [0.2, 0.25) is 0 Å². The summed E-state index contributed by atoms with van der Waals surface area (Å²) in [7, 11) is 0. The van der Waals surface area contributed by atoms with Crippen LogP contribution in [0.25, 0.3) is 0 Å². The van der Waals surface area contributed by atoms with Gasteiger partial charge in [-0.25, -0.2) is 9.78 Å². The van der Waals surface area contributed by atoms with Gasteiger partial charge in [-0.1, -0.05) is 0 Å².